The molecule has 12 heteroatoms. The fraction of sp³-hybridized carbons (Fsp3) is 0.522. The van der Waals surface area contributed by atoms with Crippen LogP contribution in [0.5, 0.6) is 0 Å². The van der Waals surface area contributed by atoms with Gasteiger partial charge in [0.25, 0.3) is 0 Å². The molecule has 1 saturated heterocycles. The minimum absolute atomic E-state index is 0.495. The highest BCUT2D eigenvalue weighted by atomic mass is 32.1. The third-order valence-corrected chi connectivity index (χ3v) is 7.50. The number of aromatic nitrogens is 4. The predicted molar refractivity (Wildman–Crippen MR) is 126 cm³/mol. The molecule has 1 atom stereocenters. The van der Waals surface area contributed by atoms with E-state index in [0.29, 0.717) is 11.7 Å². The minimum atomic E-state index is -5.08. The van der Waals surface area contributed by atoms with Gasteiger partial charge in [-0.05, 0) is 56.7 Å². The number of aliphatic carboxylic acids is 1. The van der Waals surface area contributed by atoms with E-state index in [-0.39, 0.29) is 0 Å². The van der Waals surface area contributed by atoms with Gasteiger partial charge < -0.3 is 15.7 Å². The number of nitrogens with zero attached hydrogens (tertiary/aromatic N) is 5. The van der Waals surface area contributed by atoms with Crippen LogP contribution in [0, 0.1) is 0 Å². The first-order valence-corrected chi connectivity index (χ1v) is 12.4. The molecule has 188 valence electrons. The molecular weight excluding hydrogens is 481 g/mol. The van der Waals surface area contributed by atoms with Gasteiger partial charge in [0.15, 0.2) is 0 Å². The van der Waals surface area contributed by atoms with Crippen LogP contribution >= 0.6 is 11.3 Å². The topological polar surface area (TPSA) is 118 Å². The van der Waals surface area contributed by atoms with Gasteiger partial charge in [0.2, 0.25) is 0 Å². The van der Waals surface area contributed by atoms with Gasteiger partial charge >= 0.3 is 12.1 Å². The Balaban J connectivity index is 0.000000364. The molecule has 0 bridgehead atoms. The molecule has 0 amide bonds. The zero-order valence-corrected chi connectivity index (χ0v) is 19.9. The van der Waals surface area contributed by atoms with Gasteiger partial charge in [0.1, 0.15) is 22.8 Å². The van der Waals surface area contributed by atoms with Crippen molar-refractivity contribution in [1.29, 1.82) is 0 Å². The Morgan fingerprint density at radius 1 is 1.23 bits per heavy atom. The summed E-state index contributed by atoms with van der Waals surface area (Å²) in [5.74, 6) is -0.702. The number of thiophene rings is 1. The second-order valence-electron chi connectivity index (χ2n) is 8.74. The van der Waals surface area contributed by atoms with Gasteiger partial charge in [-0.15, -0.1) is 11.3 Å². The molecule has 1 aliphatic heterocycles. The summed E-state index contributed by atoms with van der Waals surface area (Å²) in [6.45, 7) is 3.15. The molecule has 35 heavy (non-hydrogen) atoms. The number of anilines is 1. The van der Waals surface area contributed by atoms with E-state index in [1.54, 1.807) is 6.33 Å². The lowest BCUT2D eigenvalue weighted by Gasteiger charge is -2.32. The number of nitrogens with two attached hydrogens (primary N) is 1. The highest BCUT2D eigenvalue weighted by molar-refractivity contribution is 7.19. The molecule has 8 nitrogen and oxygen atoms in total. The lowest BCUT2D eigenvalue weighted by Crippen LogP contribution is -2.36. The van der Waals surface area contributed by atoms with Crippen LogP contribution < -0.4 is 5.73 Å². The summed E-state index contributed by atoms with van der Waals surface area (Å²) in [7, 11) is 0. The molecular formula is C23H27F3N6O2S. The maximum absolute atomic E-state index is 10.6. The number of carbonyl (C=O) groups is 1. The van der Waals surface area contributed by atoms with Crippen LogP contribution in [0.4, 0.5) is 19.0 Å². The van der Waals surface area contributed by atoms with E-state index in [4.69, 9.17) is 20.6 Å². The van der Waals surface area contributed by atoms with Crippen LogP contribution in [0.25, 0.3) is 10.2 Å². The number of aryl methyl sites for hydroxylation is 2. The van der Waals surface area contributed by atoms with Gasteiger partial charge in [-0.3, -0.25) is 0 Å². The number of carboxylic acids is 1. The molecule has 1 unspecified atom stereocenters. The Morgan fingerprint density at radius 2 is 2.00 bits per heavy atom. The number of fused-ring (bicyclic) bond motifs is 3. The standard InChI is InChI=1S/C21H26N6S.C2HF3O2/c22-20-19-15-5-1-2-6-17(15)28-21(19)26-18(25-20)8-11-27-10-3-4-14(12-27)16-7-9-23-13-24-16;3-2(4,5)1(6)7/h7,9,13-14H,1-6,8,10-12H2,(H2,22,25,26);(H,6,7). The zero-order valence-electron chi connectivity index (χ0n) is 19.1. The van der Waals surface area contributed by atoms with Gasteiger partial charge in [-0.25, -0.2) is 24.7 Å². The quantitative estimate of drug-likeness (QED) is 0.543. The number of nitrogen functional groups attached to an aromatic ring is 1. The first-order valence-electron chi connectivity index (χ1n) is 11.6. The van der Waals surface area contributed by atoms with E-state index in [2.05, 4.69) is 19.9 Å². The number of hydrogen-bond donors (Lipinski definition) is 2. The largest absolute Gasteiger partial charge is 0.490 e. The lowest BCUT2D eigenvalue weighted by atomic mass is 9.94. The molecule has 3 aromatic heterocycles. The first-order chi connectivity index (χ1) is 16.7. The molecule has 1 aliphatic carbocycles. The fourth-order valence-electron chi connectivity index (χ4n) is 4.64. The molecule has 0 aromatic carbocycles. The van der Waals surface area contributed by atoms with E-state index < -0.39 is 12.1 Å². The molecule has 0 radical (unpaired) electrons. The molecule has 3 N–H and O–H groups in total. The third-order valence-electron chi connectivity index (χ3n) is 6.31. The van der Waals surface area contributed by atoms with Crippen molar-refractivity contribution in [1.82, 2.24) is 24.8 Å². The predicted octanol–water partition coefficient (Wildman–Crippen LogP) is 4.00. The highest BCUT2D eigenvalue weighted by Crippen LogP contribution is 2.37. The number of halogens is 3. The summed E-state index contributed by atoms with van der Waals surface area (Å²) >= 11 is 1.83. The molecule has 5 rings (SSSR count). The maximum atomic E-state index is 10.6. The minimum Gasteiger partial charge on any atom is -0.475 e. The average molecular weight is 509 g/mol. The normalized spacial score (nSPS) is 18.5. The third kappa shape index (κ3) is 6.23. The fourth-order valence-corrected chi connectivity index (χ4v) is 5.93. The van der Waals surface area contributed by atoms with Crippen molar-refractivity contribution < 1.29 is 23.1 Å². The molecule has 2 aliphatic rings. The number of carboxylic acid groups (broad SMARTS) is 1. The highest BCUT2D eigenvalue weighted by Gasteiger charge is 2.38. The van der Waals surface area contributed by atoms with Crippen LogP contribution in [0.3, 0.4) is 0 Å². The van der Waals surface area contributed by atoms with E-state index in [0.717, 1.165) is 54.2 Å². The zero-order chi connectivity index (χ0) is 25.0. The van der Waals surface area contributed by atoms with Crippen molar-refractivity contribution in [2.75, 3.05) is 25.4 Å². The van der Waals surface area contributed by atoms with Crippen molar-refractivity contribution in [3.05, 3.63) is 40.5 Å². The Morgan fingerprint density at radius 3 is 2.71 bits per heavy atom. The SMILES string of the molecule is Nc1nc(CCN2CCCC(c3ccncn3)C2)nc2sc3c(c12)CCCC3.O=C(O)C(F)(F)F. The Hall–Kier alpha value is -2.86. The number of alkyl halides is 3. The summed E-state index contributed by atoms with van der Waals surface area (Å²) in [6, 6.07) is 2.05. The monoisotopic (exact) mass is 508 g/mol. The van der Waals surface area contributed by atoms with Gasteiger partial charge in [-0.1, -0.05) is 0 Å². The average Bonchev–Trinajstić information content (AvgIpc) is 3.22. The molecule has 0 saturated carbocycles. The molecule has 1 fully saturated rings. The molecule has 4 heterocycles. The summed E-state index contributed by atoms with van der Waals surface area (Å²) in [5.41, 5.74) is 8.93. The van der Waals surface area contributed by atoms with Crippen molar-refractivity contribution in [3.63, 3.8) is 0 Å². The number of hydrogen-bond acceptors (Lipinski definition) is 8. The Labute approximate surface area is 204 Å². The molecule has 3 aromatic rings. The summed E-state index contributed by atoms with van der Waals surface area (Å²) in [4.78, 5) is 32.0. The Bertz CT molecular complexity index is 1170. The van der Waals surface area contributed by atoms with E-state index in [1.807, 2.05) is 23.6 Å². The summed E-state index contributed by atoms with van der Waals surface area (Å²) < 4.78 is 31.7. The van der Waals surface area contributed by atoms with Crippen LogP contribution in [-0.2, 0) is 24.1 Å². The second kappa shape index (κ2) is 10.8. The van der Waals surface area contributed by atoms with Crippen LogP contribution in [-0.4, -0.2) is 61.7 Å². The van der Waals surface area contributed by atoms with Crippen LogP contribution in [0.1, 0.15) is 53.6 Å². The summed E-state index contributed by atoms with van der Waals surface area (Å²) in [6.07, 6.45) is 6.49. The van der Waals surface area contributed by atoms with E-state index in [9.17, 15) is 13.2 Å². The van der Waals surface area contributed by atoms with Gasteiger partial charge in [0.05, 0.1) is 5.39 Å². The van der Waals surface area contributed by atoms with Gasteiger partial charge in [-0.2, -0.15) is 13.2 Å². The van der Waals surface area contributed by atoms with Crippen LogP contribution in [0.15, 0.2) is 18.6 Å². The lowest BCUT2D eigenvalue weighted by molar-refractivity contribution is -0.192. The van der Waals surface area contributed by atoms with E-state index >= 15 is 0 Å². The first kappa shape index (κ1) is 25.2. The van der Waals surface area contributed by atoms with E-state index in [1.165, 1.54) is 42.5 Å². The smallest absolute Gasteiger partial charge is 0.475 e. The van der Waals surface area contributed by atoms with Gasteiger partial charge in [0, 0.05) is 42.2 Å². The van der Waals surface area contributed by atoms with Crippen LogP contribution in [0.2, 0.25) is 0 Å². The number of rotatable bonds is 4. The second-order valence-corrected chi connectivity index (χ2v) is 9.83. The number of piperidine rings is 1. The van der Waals surface area contributed by atoms with Crippen molar-refractivity contribution in [3.8, 4) is 0 Å². The number of likely N-dealkylation sites (tertiary alicyclic amines) is 1. The van der Waals surface area contributed by atoms with Crippen molar-refractivity contribution in [2.24, 2.45) is 0 Å². The van der Waals surface area contributed by atoms with Crippen molar-refractivity contribution >= 4 is 33.3 Å². The molecule has 0 spiro atoms. The summed E-state index contributed by atoms with van der Waals surface area (Å²) in [5, 5.41) is 8.25. The van der Waals surface area contributed by atoms with Crippen molar-refractivity contribution in [2.45, 2.75) is 57.0 Å². The maximum Gasteiger partial charge on any atom is 0.490 e. The Kier molecular flexibility index (Phi) is 7.80.